The van der Waals surface area contributed by atoms with Gasteiger partial charge in [0.25, 0.3) is 0 Å². The molecule has 0 bridgehead atoms. The van der Waals surface area contributed by atoms with E-state index in [0.717, 1.165) is 0 Å². The van der Waals surface area contributed by atoms with E-state index >= 15 is 0 Å². The Morgan fingerprint density at radius 2 is 1.59 bits per heavy atom. The van der Waals surface area contributed by atoms with Crippen molar-refractivity contribution in [1.82, 2.24) is 5.32 Å². The average molecular weight is 406 g/mol. The van der Waals surface area contributed by atoms with E-state index in [1.165, 1.54) is 0 Å². The maximum Gasteiger partial charge on any atom is 0.408 e. The minimum Gasteiger partial charge on any atom is -0.444 e. The molecule has 1 saturated heterocycles. The van der Waals surface area contributed by atoms with Gasteiger partial charge in [-0.3, -0.25) is 0 Å². The van der Waals surface area contributed by atoms with Gasteiger partial charge in [-0.15, -0.1) is 0 Å². The summed E-state index contributed by atoms with van der Waals surface area (Å²) in [6.45, 7) is 15.8. The van der Waals surface area contributed by atoms with Gasteiger partial charge in [-0.2, -0.15) is 0 Å². The molecule has 158 valence electrons. The zero-order valence-corrected chi connectivity index (χ0v) is 18.6. The number of alkyl carbamates (subject to hydrolysis) is 1. The lowest BCUT2D eigenvalue weighted by Gasteiger charge is -2.48. The van der Waals surface area contributed by atoms with Gasteiger partial charge in [0, 0.05) is 0 Å². The van der Waals surface area contributed by atoms with Gasteiger partial charge in [0.2, 0.25) is 0 Å². The van der Waals surface area contributed by atoms with Crippen LogP contribution >= 0.6 is 0 Å². The first-order chi connectivity index (χ1) is 12.1. The Balaban J connectivity index is 2.29. The summed E-state index contributed by atoms with van der Waals surface area (Å²) in [5, 5.41) is 23.7. The van der Waals surface area contributed by atoms with Gasteiger partial charge < -0.3 is 34.2 Å². The number of fused-ring (bicyclic) bond motifs is 1. The monoisotopic (exact) mass is 405 g/mol. The molecule has 2 fully saturated rings. The van der Waals surface area contributed by atoms with E-state index in [0.29, 0.717) is 0 Å². The maximum absolute atomic E-state index is 12.3. The molecule has 1 saturated carbocycles. The third-order valence-corrected chi connectivity index (χ3v) is 9.97. The Bertz CT molecular complexity index is 543. The standard InChI is InChI=1S/C18H35NO7Si/c1-17(2,3)25-16(22)19-10-11(20)12(21)14-15(24-9-23-14)13(10)26-27(7,8)18(4,5)6/h10-15,20-21H,9H2,1-8H3,(H,19,22)/t10-,11-,12-,13-,14-,15+/m1/s1. The normalized spacial score (nSPS) is 34.9. The number of rotatable bonds is 3. The van der Waals surface area contributed by atoms with E-state index in [4.69, 9.17) is 18.6 Å². The molecule has 2 aliphatic rings. The molecule has 0 aromatic rings. The molecule has 1 aliphatic carbocycles. The van der Waals surface area contributed by atoms with Crippen molar-refractivity contribution in [2.24, 2.45) is 0 Å². The predicted molar refractivity (Wildman–Crippen MR) is 102 cm³/mol. The van der Waals surface area contributed by atoms with Crippen molar-refractivity contribution in [2.75, 3.05) is 6.79 Å². The molecule has 0 aromatic carbocycles. The molecule has 0 radical (unpaired) electrons. The molecule has 1 amide bonds. The summed E-state index contributed by atoms with van der Waals surface area (Å²) < 4.78 is 23.0. The largest absolute Gasteiger partial charge is 0.444 e. The average Bonchev–Trinajstić information content (AvgIpc) is 2.94. The zero-order chi connectivity index (χ0) is 20.8. The summed E-state index contributed by atoms with van der Waals surface area (Å²) >= 11 is 0. The van der Waals surface area contributed by atoms with Crippen LogP contribution in [0, 0.1) is 0 Å². The lowest BCUT2D eigenvalue weighted by Crippen LogP contribution is -2.70. The number of ether oxygens (including phenoxy) is 3. The SMILES string of the molecule is CC(C)(C)OC(=O)N[C@@H]1[C@@H](O)[C@@H](O)[C@H]2OCO[C@H]2[C@@H]1O[Si](C)(C)C(C)(C)C. The molecule has 0 unspecified atom stereocenters. The fourth-order valence-electron chi connectivity index (χ4n) is 3.03. The molecular weight excluding hydrogens is 370 g/mol. The van der Waals surface area contributed by atoms with Crippen molar-refractivity contribution in [3.8, 4) is 0 Å². The third kappa shape index (κ3) is 5.02. The molecule has 1 heterocycles. The van der Waals surface area contributed by atoms with Crippen molar-refractivity contribution in [2.45, 2.75) is 102 Å². The number of aliphatic hydroxyl groups excluding tert-OH is 2. The Kier molecular flexibility index (Phi) is 6.36. The van der Waals surface area contributed by atoms with Crippen LogP contribution in [-0.4, -0.2) is 73.6 Å². The second-order valence-corrected chi connectivity index (χ2v) is 14.6. The summed E-state index contributed by atoms with van der Waals surface area (Å²) in [7, 11) is -2.26. The van der Waals surface area contributed by atoms with Crippen LogP contribution in [-0.2, 0) is 18.6 Å². The molecule has 0 spiro atoms. The van der Waals surface area contributed by atoms with Crippen LogP contribution in [0.4, 0.5) is 4.79 Å². The van der Waals surface area contributed by atoms with Crippen molar-refractivity contribution in [3.05, 3.63) is 0 Å². The Morgan fingerprint density at radius 3 is 2.11 bits per heavy atom. The van der Waals surface area contributed by atoms with Crippen LogP contribution in [0.5, 0.6) is 0 Å². The minimum absolute atomic E-state index is 0.00956. The summed E-state index contributed by atoms with van der Waals surface area (Å²) in [6, 6.07) is -0.882. The highest BCUT2D eigenvalue weighted by molar-refractivity contribution is 6.74. The first-order valence-electron chi connectivity index (χ1n) is 9.41. The second-order valence-electron chi connectivity index (χ2n) is 9.88. The van der Waals surface area contributed by atoms with Gasteiger partial charge in [0.1, 0.15) is 36.8 Å². The van der Waals surface area contributed by atoms with Crippen LogP contribution in [0.2, 0.25) is 18.1 Å². The van der Waals surface area contributed by atoms with E-state index < -0.39 is 56.6 Å². The van der Waals surface area contributed by atoms with E-state index in [1.807, 2.05) is 0 Å². The van der Waals surface area contributed by atoms with Crippen LogP contribution in [0.15, 0.2) is 0 Å². The van der Waals surface area contributed by atoms with E-state index in [9.17, 15) is 15.0 Å². The first kappa shape index (κ1) is 22.6. The molecular formula is C18H35NO7Si. The molecule has 3 N–H and O–H groups in total. The van der Waals surface area contributed by atoms with E-state index in [1.54, 1.807) is 20.8 Å². The quantitative estimate of drug-likeness (QED) is 0.614. The van der Waals surface area contributed by atoms with Crippen LogP contribution < -0.4 is 5.32 Å². The zero-order valence-electron chi connectivity index (χ0n) is 17.6. The molecule has 1 aliphatic heterocycles. The molecule has 6 atom stereocenters. The van der Waals surface area contributed by atoms with Gasteiger partial charge >= 0.3 is 6.09 Å². The Labute approximate surface area is 162 Å². The molecule has 8 nitrogen and oxygen atoms in total. The third-order valence-electron chi connectivity index (χ3n) is 5.50. The van der Waals surface area contributed by atoms with Gasteiger partial charge in [-0.25, -0.2) is 4.79 Å². The van der Waals surface area contributed by atoms with Gasteiger partial charge in [0.15, 0.2) is 8.32 Å². The fraction of sp³-hybridized carbons (Fsp3) is 0.944. The van der Waals surface area contributed by atoms with Gasteiger partial charge in [-0.05, 0) is 38.9 Å². The van der Waals surface area contributed by atoms with E-state index in [2.05, 4.69) is 39.2 Å². The number of amides is 1. The summed E-state index contributed by atoms with van der Waals surface area (Å²) in [5.74, 6) is 0. The highest BCUT2D eigenvalue weighted by Gasteiger charge is 2.57. The highest BCUT2D eigenvalue weighted by atomic mass is 28.4. The molecule has 27 heavy (non-hydrogen) atoms. The number of carbonyl (C=O) groups excluding carboxylic acids is 1. The maximum atomic E-state index is 12.3. The summed E-state index contributed by atoms with van der Waals surface area (Å²) in [4.78, 5) is 12.3. The molecule has 9 heteroatoms. The number of aliphatic hydroxyl groups is 2. The topological polar surface area (TPSA) is 106 Å². The van der Waals surface area contributed by atoms with Crippen LogP contribution in [0.25, 0.3) is 0 Å². The van der Waals surface area contributed by atoms with Crippen molar-refractivity contribution in [3.63, 3.8) is 0 Å². The van der Waals surface area contributed by atoms with Crippen molar-refractivity contribution < 1.29 is 33.6 Å². The lowest BCUT2D eigenvalue weighted by molar-refractivity contribution is -0.146. The predicted octanol–water partition coefficient (Wildman–Crippen LogP) is 1.75. The van der Waals surface area contributed by atoms with E-state index in [-0.39, 0.29) is 11.8 Å². The number of carbonyl (C=O) groups is 1. The first-order valence-corrected chi connectivity index (χ1v) is 12.3. The molecule has 2 rings (SSSR count). The highest BCUT2D eigenvalue weighted by Crippen LogP contribution is 2.41. The lowest BCUT2D eigenvalue weighted by atomic mass is 9.83. The number of hydrogen-bond acceptors (Lipinski definition) is 7. The Morgan fingerprint density at radius 1 is 1.04 bits per heavy atom. The van der Waals surface area contributed by atoms with Crippen LogP contribution in [0.1, 0.15) is 41.5 Å². The number of nitrogens with one attached hydrogen (secondary N) is 1. The van der Waals surface area contributed by atoms with Gasteiger partial charge in [0.05, 0.1) is 12.1 Å². The summed E-state index contributed by atoms with van der Waals surface area (Å²) in [6.07, 6.45) is -5.10. The van der Waals surface area contributed by atoms with Crippen LogP contribution in [0.3, 0.4) is 0 Å². The van der Waals surface area contributed by atoms with Crippen molar-refractivity contribution in [1.29, 1.82) is 0 Å². The molecule has 0 aromatic heterocycles. The van der Waals surface area contributed by atoms with Gasteiger partial charge in [-0.1, -0.05) is 20.8 Å². The Hall–Kier alpha value is -0.713. The second kappa shape index (κ2) is 7.60. The fourth-order valence-corrected chi connectivity index (χ4v) is 4.35. The number of hydrogen-bond donors (Lipinski definition) is 3. The minimum atomic E-state index is -2.26. The smallest absolute Gasteiger partial charge is 0.408 e. The van der Waals surface area contributed by atoms with Crippen molar-refractivity contribution >= 4 is 14.4 Å². The summed E-state index contributed by atoms with van der Waals surface area (Å²) in [5.41, 5.74) is -0.687.